The van der Waals surface area contributed by atoms with Gasteiger partial charge in [-0.2, -0.15) is 0 Å². The van der Waals surface area contributed by atoms with Crippen LogP contribution in [0.4, 0.5) is 0 Å². The van der Waals surface area contributed by atoms with E-state index in [1.165, 1.54) is 0 Å². The third kappa shape index (κ3) is 15.3. The number of fused-ring (bicyclic) bond motifs is 2. The first kappa shape index (κ1) is 58.6. The molecule has 0 aromatic carbocycles. The van der Waals surface area contributed by atoms with E-state index in [1.807, 2.05) is 0 Å². The fourth-order valence-electron chi connectivity index (χ4n) is 13.5. The number of rotatable bonds is 10. The quantitative estimate of drug-likeness (QED) is 0.309. The Bertz CT molecular complexity index is 1700. The average molecular weight is 1080 g/mol. The van der Waals surface area contributed by atoms with Crippen LogP contribution in [0.2, 0.25) is 0 Å². The Labute approximate surface area is 426 Å². The molecule has 5 aliphatic carbocycles. The molecule has 15 nitrogen and oxygen atoms in total. The first-order valence-corrected chi connectivity index (χ1v) is 32.6. The van der Waals surface area contributed by atoms with Crippen molar-refractivity contribution in [2.45, 2.75) is 130 Å². The second-order valence-electron chi connectivity index (χ2n) is 21.1. The van der Waals surface area contributed by atoms with Gasteiger partial charge in [-0.3, -0.25) is 21.0 Å². The summed E-state index contributed by atoms with van der Waals surface area (Å²) in [5.74, 6) is 4.04. The molecule has 8 saturated heterocycles. The van der Waals surface area contributed by atoms with Gasteiger partial charge in [0.1, 0.15) is 0 Å². The molecule has 13 aliphatic rings. The van der Waals surface area contributed by atoms with Crippen LogP contribution in [0.15, 0.2) is 0 Å². The van der Waals surface area contributed by atoms with Crippen molar-refractivity contribution >= 4 is 54.0 Å². The molecule has 0 aromatic rings. The van der Waals surface area contributed by atoms with Crippen molar-refractivity contribution < 1.29 is 68.4 Å². The smallest absolute Gasteiger partial charge is 0.0719 e. The van der Waals surface area contributed by atoms with Gasteiger partial charge in [-0.1, -0.05) is 0 Å². The first-order chi connectivity index (χ1) is 33.2. The normalized spacial score (nSPS) is 48.1. The van der Waals surface area contributed by atoms with Gasteiger partial charge >= 0.3 is 0 Å². The highest BCUT2D eigenvalue weighted by atomic mass is 32.2. The highest BCUT2D eigenvalue weighted by molar-refractivity contribution is 7.86. The van der Waals surface area contributed by atoms with E-state index >= 15 is 0 Å². The number of methoxy groups -OCH3 is 10. The summed E-state index contributed by atoms with van der Waals surface area (Å²) in [5.41, 5.74) is 0. The summed E-state index contributed by atoms with van der Waals surface area (Å²) in [4.78, 5) is 0. The van der Waals surface area contributed by atoms with Gasteiger partial charge in [-0.25, -0.2) is 0 Å². The molecule has 20 heteroatoms. The fraction of sp³-hybridized carbons (Fsp3) is 1.00. The molecule has 404 valence electrons. The van der Waals surface area contributed by atoms with Gasteiger partial charge in [0.05, 0.1) is 66.3 Å². The number of ether oxygens (including phenoxy) is 10. The third-order valence-electron chi connectivity index (χ3n) is 17.4. The summed E-state index contributed by atoms with van der Waals surface area (Å²) < 4.78 is 132. The summed E-state index contributed by atoms with van der Waals surface area (Å²) >= 11 is 0. The Kier molecular flexibility index (Phi) is 24.2. The van der Waals surface area contributed by atoms with Gasteiger partial charge < -0.3 is 47.4 Å². The van der Waals surface area contributed by atoms with Crippen molar-refractivity contribution in [1.82, 2.24) is 0 Å². The lowest BCUT2D eigenvalue weighted by Crippen LogP contribution is -2.50. The molecule has 0 aromatic heterocycles. The van der Waals surface area contributed by atoms with Crippen LogP contribution in [0.25, 0.3) is 0 Å². The highest BCUT2D eigenvalue weighted by Gasteiger charge is 2.47. The minimum Gasteiger partial charge on any atom is -0.381 e. The lowest BCUT2D eigenvalue weighted by atomic mass is 9.79. The maximum absolute atomic E-state index is 14.5. The zero-order valence-electron chi connectivity index (χ0n) is 43.1. The Balaban J connectivity index is 1.23. The van der Waals surface area contributed by atoms with E-state index in [-0.39, 0.29) is 120 Å². The lowest BCUT2D eigenvalue weighted by molar-refractivity contribution is -0.0581. The highest BCUT2D eigenvalue weighted by Crippen LogP contribution is 2.41. The van der Waals surface area contributed by atoms with Crippen molar-refractivity contribution in [3.05, 3.63) is 0 Å². The lowest BCUT2D eigenvalue weighted by Gasteiger charge is -2.43. The van der Waals surface area contributed by atoms with Crippen molar-refractivity contribution in [2.75, 3.05) is 123 Å². The van der Waals surface area contributed by atoms with Crippen LogP contribution >= 0.6 is 0 Å². The van der Waals surface area contributed by atoms with Crippen molar-refractivity contribution in [2.24, 2.45) is 53.3 Å². The van der Waals surface area contributed by atoms with E-state index < -0.39 is 54.0 Å². The topological polar surface area (TPSA) is 178 Å². The molecule has 5 saturated carbocycles. The van der Waals surface area contributed by atoms with Crippen LogP contribution in [-0.4, -0.2) is 210 Å². The molecule has 13 rings (SSSR count). The van der Waals surface area contributed by atoms with Crippen LogP contribution in [0.3, 0.4) is 0 Å². The van der Waals surface area contributed by atoms with Gasteiger partial charge in [0.2, 0.25) is 0 Å². The van der Waals surface area contributed by atoms with Crippen LogP contribution < -0.4 is 0 Å². The predicted octanol–water partition coefficient (Wildman–Crippen LogP) is 3.78. The van der Waals surface area contributed by atoms with Gasteiger partial charge in [-0.05, 0) is 117 Å². The molecule has 69 heavy (non-hydrogen) atoms. The van der Waals surface area contributed by atoms with Gasteiger partial charge in [0.25, 0.3) is 0 Å². The second-order valence-corrected chi connectivity index (χ2v) is 29.0. The monoisotopic (exact) mass is 1080 g/mol. The minimum atomic E-state index is -1.28. The molecule has 0 spiro atoms. The Morgan fingerprint density at radius 1 is 0.232 bits per heavy atom. The maximum atomic E-state index is 14.5. The van der Waals surface area contributed by atoms with Crippen LogP contribution in [0.5, 0.6) is 0 Å². The Morgan fingerprint density at radius 2 is 0.391 bits per heavy atom. The van der Waals surface area contributed by atoms with Gasteiger partial charge in [0.15, 0.2) is 0 Å². The summed E-state index contributed by atoms with van der Waals surface area (Å²) in [6, 6.07) is 0. The zero-order chi connectivity index (χ0) is 49.9. The summed E-state index contributed by atoms with van der Waals surface area (Å²) in [6.45, 7) is 0. The molecule has 8 heterocycles. The number of hydrogen-bond donors (Lipinski definition) is 0. The molecule has 0 N–H and O–H groups in total. The molecule has 8 aliphatic heterocycles. The largest absolute Gasteiger partial charge is 0.381 e. The standard InChI is InChI=1S/C49H88O15S5/c1-55-39-12-31-22-66(51)24-33-15-44(60-6)35(16-43(33)59-5)26-68(53)28-37-19-48(64-10)49(20-47(37)63-9)69(54)29-38-18-45(61-7)36(17-46(38)62-8)27-67(52)25-34-14-41(57-3)32(13-42(34)58-4)23-65(50)21-30(39)11-40(31)56-2/h30-49H,11-29H2,1-10H3/t30-,31-,32-,33-,34-,35-,36+,37-,38+,39?,40?,41?,42?,43?,44?,45?,46?,47?,48?,49+,65?,66?,67?,68?,69+/m1/s1. The SMILES string of the molecule is COC1C[C@@H]2CS(=O)C[C@H]3CC(OC)[C@H](CC3OC)CS(=O)C[C@@H]3CC(OC)[C@@H](CC3OC)C[S@](=O)[C@H]3CC(OC)[C@H](CC3OC)CS(=O)C[C@H]3CC(OC)[C@H](CC3OC)CS(=O)C[C@H]1CC2OC. The minimum absolute atomic E-state index is 0.00296. The van der Waals surface area contributed by atoms with Gasteiger partial charge in [-0.15, -0.1) is 0 Å². The molecule has 10 bridgehead atoms. The summed E-state index contributed by atoms with van der Waals surface area (Å²) in [5, 5.41) is -0.270. The van der Waals surface area contributed by atoms with E-state index in [0.29, 0.717) is 116 Å². The van der Waals surface area contributed by atoms with E-state index in [0.717, 1.165) is 0 Å². The molecule has 13 fully saturated rings. The van der Waals surface area contributed by atoms with E-state index in [4.69, 9.17) is 47.4 Å². The molecule has 25 atom stereocenters. The zero-order valence-corrected chi connectivity index (χ0v) is 47.2. The van der Waals surface area contributed by atoms with Crippen LogP contribution in [-0.2, 0) is 101 Å². The molecule has 0 radical (unpaired) electrons. The van der Waals surface area contributed by atoms with E-state index in [9.17, 15) is 21.0 Å². The van der Waals surface area contributed by atoms with E-state index in [1.54, 1.807) is 71.1 Å². The van der Waals surface area contributed by atoms with E-state index in [2.05, 4.69) is 0 Å². The van der Waals surface area contributed by atoms with Crippen molar-refractivity contribution in [1.29, 1.82) is 0 Å². The van der Waals surface area contributed by atoms with Gasteiger partial charge in [0, 0.05) is 177 Å². The number of hydrogen-bond acceptors (Lipinski definition) is 15. The first-order valence-electron chi connectivity index (χ1n) is 25.3. The second kappa shape index (κ2) is 28.5. The molecular formula is C49H88O15S5. The van der Waals surface area contributed by atoms with Crippen molar-refractivity contribution in [3.63, 3.8) is 0 Å². The van der Waals surface area contributed by atoms with Crippen molar-refractivity contribution in [3.8, 4) is 0 Å². The molecule has 14 unspecified atom stereocenters. The third-order valence-corrected chi connectivity index (χ3v) is 25.7. The Morgan fingerprint density at radius 3 is 0.580 bits per heavy atom. The fourth-order valence-corrected chi connectivity index (χ4v) is 22.7. The molecular weight excluding hydrogens is 989 g/mol. The Hall–Kier alpha value is 0.350. The average Bonchev–Trinajstić information content (AvgIpc) is 3.34. The van der Waals surface area contributed by atoms with Crippen LogP contribution in [0.1, 0.15) is 64.2 Å². The van der Waals surface area contributed by atoms with Crippen LogP contribution in [0, 0.1) is 53.3 Å². The summed E-state index contributed by atoms with van der Waals surface area (Å²) in [6.07, 6.45) is 4.61. The maximum Gasteiger partial charge on any atom is 0.0719 e. The predicted molar refractivity (Wildman–Crippen MR) is 274 cm³/mol. The summed E-state index contributed by atoms with van der Waals surface area (Å²) in [7, 11) is 11.0. The molecule has 0 amide bonds.